The Bertz CT molecular complexity index is 752. The Morgan fingerprint density at radius 2 is 2.23 bits per heavy atom. The van der Waals surface area contributed by atoms with E-state index in [0.29, 0.717) is 31.2 Å². The van der Waals surface area contributed by atoms with Crippen molar-refractivity contribution in [1.29, 1.82) is 0 Å². The highest BCUT2D eigenvalue weighted by atomic mass is 16.6. The van der Waals surface area contributed by atoms with Crippen molar-refractivity contribution in [1.82, 2.24) is 9.88 Å². The van der Waals surface area contributed by atoms with Gasteiger partial charge in [-0.05, 0) is 31.7 Å². The van der Waals surface area contributed by atoms with Gasteiger partial charge in [0.1, 0.15) is 11.4 Å². The molecule has 0 bridgehead atoms. The molecule has 6 heteroatoms. The van der Waals surface area contributed by atoms with Crippen LogP contribution in [0.4, 0.5) is 0 Å². The number of piperidine rings is 1. The van der Waals surface area contributed by atoms with Crippen molar-refractivity contribution < 1.29 is 18.7 Å². The molecule has 1 aromatic carbocycles. The predicted molar refractivity (Wildman–Crippen MR) is 94.7 cm³/mol. The number of aryl methyl sites for hydroxylation is 1. The molecule has 2 atom stereocenters. The van der Waals surface area contributed by atoms with Crippen molar-refractivity contribution in [3.8, 4) is 0 Å². The molecular weight excluding hydrogens is 332 g/mol. The van der Waals surface area contributed by atoms with Crippen LogP contribution in [0.2, 0.25) is 0 Å². The van der Waals surface area contributed by atoms with Gasteiger partial charge in [-0.1, -0.05) is 30.3 Å². The number of aromatic nitrogens is 1. The van der Waals surface area contributed by atoms with Gasteiger partial charge in [0.25, 0.3) is 5.91 Å². The van der Waals surface area contributed by atoms with E-state index in [-0.39, 0.29) is 12.0 Å². The Labute approximate surface area is 153 Å². The predicted octanol–water partition coefficient (Wildman–Crippen LogP) is 2.96. The summed E-state index contributed by atoms with van der Waals surface area (Å²) in [6.45, 7) is 4.22. The van der Waals surface area contributed by atoms with E-state index in [1.807, 2.05) is 23.1 Å². The second-order valence-electron chi connectivity index (χ2n) is 7.07. The van der Waals surface area contributed by atoms with Crippen molar-refractivity contribution in [2.75, 3.05) is 19.7 Å². The van der Waals surface area contributed by atoms with Crippen LogP contribution in [-0.4, -0.2) is 47.2 Å². The minimum absolute atomic E-state index is 0.00679. The van der Waals surface area contributed by atoms with E-state index in [9.17, 15) is 4.79 Å². The van der Waals surface area contributed by atoms with E-state index >= 15 is 0 Å². The summed E-state index contributed by atoms with van der Waals surface area (Å²) in [7, 11) is 0. The standard InChI is InChI=1S/C20H24N2O4/c1-15-18(21-14-25-15)19(23)22-10-8-17(20(13-22)9-5-11-26-20)24-12-16-6-3-2-4-7-16/h2-4,6-7,14,17H,5,8-13H2,1H3/t17-,20-/m0/s1. The molecule has 6 nitrogen and oxygen atoms in total. The SMILES string of the molecule is Cc1ocnc1C(=O)N1CC[C@H](OCc2ccccc2)[C@]2(CCCO2)C1. The lowest BCUT2D eigenvalue weighted by Crippen LogP contribution is -2.58. The molecule has 0 N–H and O–H groups in total. The van der Waals surface area contributed by atoms with Gasteiger partial charge in [0.2, 0.25) is 0 Å². The third-order valence-electron chi connectivity index (χ3n) is 5.37. The van der Waals surface area contributed by atoms with E-state index in [0.717, 1.165) is 31.4 Å². The molecule has 26 heavy (non-hydrogen) atoms. The van der Waals surface area contributed by atoms with Crippen molar-refractivity contribution in [3.63, 3.8) is 0 Å². The molecule has 3 heterocycles. The lowest BCUT2D eigenvalue weighted by molar-refractivity contribution is -0.153. The van der Waals surface area contributed by atoms with Gasteiger partial charge < -0.3 is 18.8 Å². The number of carbonyl (C=O) groups is 1. The highest BCUT2D eigenvalue weighted by Crippen LogP contribution is 2.37. The maximum atomic E-state index is 12.8. The lowest BCUT2D eigenvalue weighted by atomic mass is 9.86. The minimum atomic E-state index is -0.416. The number of amides is 1. The van der Waals surface area contributed by atoms with E-state index in [1.165, 1.54) is 6.39 Å². The molecule has 138 valence electrons. The highest BCUT2D eigenvalue weighted by Gasteiger charge is 2.49. The number of oxazole rings is 1. The number of hydrogen-bond acceptors (Lipinski definition) is 5. The lowest BCUT2D eigenvalue weighted by Gasteiger charge is -2.45. The first kappa shape index (κ1) is 17.2. The summed E-state index contributed by atoms with van der Waals surface area (Å²) in [4.78, 5) is 18.7. The number of ether oxygens (including phenoxy) is 2. The second kappa shape index (κ2) is 7.21. The summed E-state index contributed by atoms with van der Waals surface area (Å²) in [5.41, 5.74) is 1.12. The zero-order valence-electron chi connectivity index (χ0n) is 15.0. The summed E-state index contributed by atoms with van der Waals surface area (Å²) in [6, 6.07) is 10.2. The quantitative estimate of drug-likeness (QED) is 0.843. The van der Waals surface area contributed by atoms with Gasteiger partial charge >= 0.3 is 0 Å². The summed E-state index contributed by atoms with van der Waals surface area (Å²) in [6.07, 6.45) is 3.98. The number of nitrogens with zero attached hydrogens (tertiary/aromatic N) is 2. The topological polar surface area (TPSA) is 64.8 Å². The van der Waals surface area contributed by atoms with Crippen LogP contribution in [0.15, 0.2) is 41.1 Å². The average molecular weight is 356 g/mol. The largest absolute Gasteiger partial charge is 0.448 e. The maximum Gasteiger partial charge on any atom is 0.276 e. The van der Waals surface area contributed by atoms with Crippen LogP contribution in [0.1, 0.15) is 41.1 Å². The van der Waals surface area contributed by atoms with Crippen LogP contribution in [0, 0.1) is 6.92 Å². The number of rotatable bonds is 4. The molecule has 0 saturated carbocycles. The smallest absolute Gasteiger partial charge is 0.276 e. The summed E-state index contributed by atoms with van der Waals surface area (Å²) < 4.78 is 17.6. The van der Waals surface area contributed by atoms with Crippen molar-refractivity contribution in [3.05, 3.63) is 53.7 Å². The zero-order chi connectivity index (χ0) is 18.0. The van der Waals surface area contributed by atoms with Crippen LogP contribution < -0.4 is 0 Å². The van der Waals surface area contributed by atoms with Gasteiger partial charge in [-0.3, -0.25) is 4.79 Å². The normalized spacial score (nSPS) is 25.7. The van der Waals surface area contributed by atoms with Crippen LogP contribution in [0.25, 0.3) is 0 Å². The van der Waals surface area contributed by atoms with Gasteiger partial charge in [-0.15, -0.1) is 0 Å². The van der Waals surface area contributed by atoms with Crippen LogP contribution in [0.3, 0.4) is 0 Å². The number of carbonyl (C=O) groups excluding carboxylic acids is 1. The molecule has 2 saturated heterocycles. The summed E-state index contributed by atoms with van der Waals surface area (Å²) in [5.74, 6) is 0.464. The van der Waals surface area contributed by atoms with Gasteiger partial charge in [0.05, 0.1) is 19.3 Å². The number of hydrogen-bond donors (Lipinski definition) is 0. The molecule has 2 aromatic rings. The molecule has 2 aliphatic rings. The van der Waals surface area contributed by atoms with Crippen molar-refractivity contribution >= 4 is 5.91 Å². The molecule has 0 radical (unpaired) electrons. The molecule has 1 spiro atoms. The first-order valence-corrected chi connectivity index (χ1v) is 9.17. The molecular formula is C20H24N2O4. The molecule has 1 aromatic heterocycles. The van der Waals surface area contributed by atoms with E-state index in [4.69, 9.17) is 13.9 Å². The molecule has 2 aliphatic heterocycles. The van der Waals surface area contributed by atoms with Gasteiger partial charge in [-0.2, -0.15) is 0 Å². The first-order chi connectivity index (χ1) is 12.7. The Kier molecular flexibility index (Phi) is 4.78. The molecule has 2 fully saturated rings. The second-order valence-corrected chi connectivity index (χ2v) is 7.07. The van der Waals surface area contributed by atoms with Gasteiger partial charge in [0, 0.05) is 13.2 Å². The summed E-state index contributed by atoms with van der Waals surface area (Å²) >= 11 is 0. The van der Waals surface area contributed by atoms with E-state index in [2.05, 4.69) is 17.1 Å². The van der Waals surface area contributed by atoms with Crippen LogP contribution in [0.5, 0.6) is 0 Å². The molecule has 0 aliphatic carbocycles. The maximum absolute atomic E-state index is 12.8. The third kappa shape index (κ3) is 3.27. The van der Waals surface area contributed by atoms with Crippen LogP contribution in [-0.2, 0) is 16.1 Å². The first-order valence-electron chi connectivity index (χ1n) is 9.17. The fraction of sp³-hybridized carbons (Fsp3) is 0.500. The fourth-order valence-electron chi connectivity index (χ4n) is 3.98. The monoisotopic (exact) mass is 356 g/mol. The number of likely N-dealkylation sites (tertiary alicyclic amines) is 1. The fourth-order valence-corrected chi connectivity index (χ4v) is 3.98. The third-order valence-corrected chi connectivity index (χ3v) is 5.37. The van der Waals surface area contributed by atoms with Gasteiger partial charge in [-0.25, -0.2) is 4.98 Å². The summed E-state index contributed by atoms with van der Waals surface area (Å²) in [5, 5.41) is 0. The average Bonchev–Trinajstić information content (AvgIpc) is 3.30. The minimum Gasteiger partial charge on any atom is -0.448 e. The Morgan fingerprint density at radius 3 is 2.92 bits per heavy atom. The molecule has 1 amide bonds. The Balaban J connectivity index is 1.47. The van der Waals surface area contributed by atoms with Crippen molar-refractivity contribution in [2.45, 2.75) is 44.5 Å². The van der Waals surface area contributed by atoms with E-state index < -0.39 is 5.60 Å². The Hall–Kier alpha value is -2.18. The molecule has 0 unspecified atom stereocenters. The highest BCUT2D eigenvalue weighted by molar-refractivity contribution is 5.93. The van der Waals surface area contributed by atoms with Gasteiger partial charge in [0.15, 0.2) is 12.1 Å². The molecule has 4 rings (SSSR count). The van der Waals surface area contributed by atoms with E-state index in [1.54, 1.807) is 6.92 Å². The zero-order valence-corrected chi connectivity index (χ0v) is 15.0. The number of benzene rings is 1. The van der Waals surface area contributed by atoms with Crippen molar-refractivity contribution in [2.24, 2.45) is 0 Å². The van der Waals surface area contributed by atoms with Crippen LogP contribution >= 0.6 is 0 Å². The Morgan fingerprint density at radius 1 is 1.38 bits per heavy atom.